The van der Waals surface area contributed by atoms with Gasteiger partial charge in [0.2, 0.25) is 5.91 Å². The van der Waals surface area contributed by atoms with Crippen LogP contribution in [0.15, 0.2) is 24.3 Å². The minimum Gasteiger partial charge on any atom is -0.497 e. The molecular formula is C16H21ClN2O3. The summed E-state index contributed by atoms with van der Waals surface area (Å²) in [6.07, 6.45) is 1.87. The van der Waals surface area contributed by atoms with Crippen LogP contribution in [0.25, 0.3) is 0 Å². The highest BCUT2D eigenvalue weighted by atomic mass is 35.5. The zero-order valence-corrected chi connectivity index (χ0v) is 13.4. The molecule has 22 heavy (non-hydrogen) atoms. The Hall–Kier alpha value is -1.75. The van der Waals surface area contributed by atoms with Crippen molar-refractivity contribution in [1.29, 1.82) is 0 Å². The molecular weight excluding hydrogens is 304 g/mol. The molecule has 0 aromatic heterocycles. The van der Waals surface area contributed by atoms with Crippen LogP contribution in [0.5, 0.6) is 5.75 Å². The Morgan fingerprint density at radius 1 is 1.36 bits per heavy atom. The van der Waals surface area contributed by atoms with Gasteiger partial charge in [-0.3, -0.25) is 9.59 Å². The fraction of sp³-hybridized carbons (Fsp3) is 0.500. The van der Waals surface area contributed by atoms with Crippen molar-refractivity contribution >= 4 is 23.4 Å². The van der Waals surface area contributed by atoms with E-state index < -0.39 is 0 Å². The van der Waals surface area contributed by atoms with Crippen LogP contribution in [-0.2, 0) is 4.79 Å². The molecule has 1 aliphatic rings. The minimum absolute atomic E-state index is 0.00411. The Morgan fingerprint density at radius 2 is 2.09 bits per heavy atom. The molecule has 1 fully saturated rings. The first-order valence-corrected chi connectivity index (χ1v) is 7.96. The van der Waals surface area contributed by atoms with Gasteiger partial charge in [0.05, 0.1) is 7.11 Å². The van der Waals surface area contributed by atoms with E-state index in [1.807, 2.05) is 17.0 Å². The number of methoxy groups -OCH3 is 1. The Labute approximate surface area is 135 Å². The number of nitrogens with zero attached hydrogens (tertiary/aromatic N) is 1. The van der Waals surface area contributed by atoms with Gasteiger partial charge in [-0.25, -0.2) is 0 Å². The molecule has 1 aromatic rings. The van der Waals surface area contributed by atoms with Crippen molar-refractivity contribution in [3.8, 4) is 5.75 Å². The van der Waals surface area contributed by atoms with Crippen LogP contribution in [-0.4, -0.2) is 48.8 Å². The van der Waals surface area contributed by atoms with Gasteiger partial charge in [0, 0.05) is 37.0 Å². The quantitative estimate of drug-likeness (QED) is 0.843. The van der Waals surface area contributed by atoms with Gasteiger partial charge >= 0.3 is 0 Å². The van der Waals surface area contributed by atoms with Crippen molar-refractivity contribution in [2.75, 3.05) is 26.1 Å². The maximum absolute atomic E-state index is 12.5. The van der Waals surface area contributed by atoms with Crippen LogP contribution in [0, 0.1) is 0 Å². The van der Waals surface area contributed by atoms with Gasteiger partial charge in [-0.2, -0.15) is 0 Å². The second-order valence-electron chi connectivity index (χ2n) is 5.30. The van der Waals surface area contributed by atoms with Gasteiger partial charge in [0.15, 0.2) is 0 Å². The molecule has 0 saturated carbocycles. The van der Waals surface area contributed by atoms with Crippen molar-refractivity contribution in [3.05, 3.63) is 29.8 Å². The highest BCUT2D eigenvalue weighted by Gasteiger charge is 2.24. The highest BCUT2D eigenvalue weighted by Crippen LogP contribution is 2.17. The lowest BCUT2D eigenvalue weighted by Gasteiger charge is -2.32. The van der Waals surface area contributed by atoms with Crippen LogP contribution in [0.4, 0.5) is 0 Å². The number of benzene rings is 1. The lowest BCUT2D eigenvalue weighted by molar-refractivity contribution is -0.121. The summed E-state index contributed by atoms with van der Waals surface area (Å²) >= 11 is 5.55. The van der Waals surface area contributed by atoms with Crippen LogP contribution in [0.1, 0.15) is 29.6 Å². The largest absolute Gasteiger partial charge is 0.497 e. The number of alkyl halides is 1. The molecule has 0 radical (unpaired) electrons. The Kier molecular flexibility index (Phi) is 6.07. The van der Waals surface area contributed by atoms with Crippen molar-refractivity contribution in [1.82, 2.24) is 10.2 Å². The van der Waals surface area contributed by atoms with Crippen molar-refractivity contribution in [2.24, 2.45) is 0 Å². The van der Waals surface area contributed by atoms with Gasteiger partial charge in [-0.05, 0) is 31.0 Å². The predicted octanol–water partition coefficient (Wildman–Crippen LogP) is 2.04. The van der Waals surface area contributed by atoms with Gasteiger partial charge in [0.1, 0.15) is 5.75 Å². The fourth-order valence-corrected chi connectivity index (χ4v) is 2.72. The number of hydrogen-bond donors (Lipinski definition) is 1. The molecule has 5 nitrogen and oxygen atoms in total. The molecule has 1 aliphatic heterocycles. The number of halogens is 1. The normalized spacial score (nSPS) is 15.5. The molecule has 1 aromatic carbocycles. The topological polar surface area (TPSA) is 58.6 Å². The Bertz CT molecular complexity index is 528. The van der Waals surface area contributed by atoms with E-state index in [0.29, 0.717) is 36.7 Å². The summed E-state index contributed by atoms with van der Waals surface area (Å²) in [4.78, 5) is 25.8. The number of carbonyl (C=O) groups is 2. The second kappa shape index (κ2) is 8.03. The third kappa shape index (κ3) is 4.37. The number of hydrogen-bond acceptors (Lipinski definition) is 3. The van der Waals surface area contributed by atoms with Crippen molar-refractivity contribution in [3.63, 3.8) is 0 Å². The van der Waals surface area contributed by atoms with Crippen LogP contribution in [0.2, 0.25) is 0 Å². The van der Waals surface area contributed by atoms with Crippen LogP contribution >= 0.6 is 11.6 Å². The van der Waals surface area contributed by atoms with Crippen LogP contribution < -0.4 is 10.1 Å². The summed E-state index contributed by atoms with van der Waals surface area (Å²) in [6.45, 7) is 1.28. The fourth-order valence-electron chi connectivity index (χ4n) is 2.55. The van der Waals surface area contributed by atoms with E-state index >= 15 is 0 Å². The number of carbonyl (C=O) groups excluding carboxylic acids is 2. The summed E-state index contributed by atoms with van der Waals surface area (Å²) in [5.74, 6) is 0.991. The Morgan fingerprint density at radius 3 is 2.73 bits per heavy atom. The monoisotopic (exact) mass is 324 g/mol. The maximum atomic E-state index is 12.5. The first-order valence-electron chi connectivity index (χ1n) is 7.42. The van der Waals surface area contributed by atoms with E-state index in [1.54, 1.807) is 19.2 Å². The van der Waals surface area contributed by atoms with Crippen LogP contribution in [0.3, 0.4) is 0 Å². The predicted molar refractivity (Wildman–Crippen MR) is 85.4 cm³/mol. The van der Waals surface area contributed by atoms with Gasteiger partial charge in [-0.1, -0.05) is 6.07 Å². The number of amides is 2. The molecule has 2 amide bonds. The zero-order chi connectivity index (χ0) is 15.9. The number of rotatable bonds is 5. The van der Waals surface area contributed by atoms with Gasteiger partial charge < -0.3 is 15.0 Å². The molecule has 2 rings (SSSR count). The summed E-state index contributed by atoms with van der Waals surface area (Å²) < 4.78 is 5.15. The third-order valence-electron chi connectivity index (χ3n) is 3.79. The molecule has 0 atom stereocenters. The van der Waals surface area contributed by atoms with Crippen molar-refractivity contribution in [2.45, 2.75) is 25.3 Å². The van der Waals surface area contributed by atoms with E-state index in [9.17, 15) is 9.59 Å². The summed E-state index contributed by atoms with van der Waals surface area (Å²) in [6, 6.07) is 7.29. The summed E-state index contributed by atoms with van der Waals surface area (Å²) in [7, 11) is 1.58. The summed E-state index contributed by atoms with van der Waals surface area (Å²) in [5, 5.41) is 2.96. The van der Waals surface area contributed by atoms with E-state index in [0.717, 1.165) is 12.8 Å². The minimum atomic E-state index is -0.0208. The van der Waals surface area contributed by atoms with E-state index in [1.165, 1.54) is 0 Å². The molecule has 1 heterocycles. The number of likely N-dealkylation sites (tertiary alicyclic amines) is 1. The molecule has 120 valence electrons. The van der Waals surface area contributed by atoms with E-state index in [2.05, 4.69) is 5.32 Å². The number of ether oxygens (including phenoxy) is 1. The molecule has 0 spiro atoms. The SMILES string of the molecule is COc1cccc(C(=O)N2CCC(NC(=O)CCCl)CC2)c1. The first kappa shape index (κ1) is 16.6. The molecule has 1 saturated heterocycles. The highest BCUT2D eigenvalue weighted by molar-refractivity contribution is 6.18. The Balaban J connectivity index is 1.88. The zero-order valence-electron chi connectivity index (χ0n) is 12.7. The lowest BCUT2D eigenvalue weighted by Crippen LogP contribution is -2.46. The van der Waals surface area contributed by atoms with Gasteiger partial charge in [0.25, 0.3) is 5.91 Å². The van der Waals surface area contributed by atoms with Crippen molar-refractivity contribution < 1.29 is 14.3 Å². The second-order valence-corrected chi connectivity index (χ2v) is 5.68. The molecule has 6 heteroatoms. The average Bonchev–Trinajstić information content (AvgIpc) is 2.55. The first-order chi connectivity index (χ1) is 10.6. The number of piperidine rings is 1. The molecule has 1 N–H and O–H groups in total. The van der Waals surface area contributed by atoms with Gasteiger partial charge in [-0.15, -0.1) is 11.6 Å². The maximum Gasteiger partial charge on any atom is 0.253 e. The number of nitrogens with one attached hydrogen (secondary N) is 1. The lowest BCUT2D eigenvalue weighted by atomic mass is 10.0. The van der Waals surface area contributed by atoms with E-state index in [4.69, 9.17) is 16.3 Å². The van der Waals surface area contributed by atoms with E-state index in [-0.39, 0.29) is 17.9 Å². The smallest absolute Gasteiger partial charge is 0.253 e. The average molecular weight is 325 g/mol. The molecule has 0 unspecified atom stereocenters. The molecule has 0 bridgehead atoms. The summed E-state index contributed by atoms with van der Waals surface area (Å²) in [5.41, 5.74) is 0.629. The third-order valence-corrected chi connectivity index (χ3v) is 3.97. The standard InChI is InChI=1S/C16H21ClN2O3/c1-22-14-4-2-3-12(11-14)16(21)19-9-6-13(7-10-19)18-15(20)5-8-17/h2-4,11,13H,5-10H2,1H3,(H,18,20). The molecule has 0 aliphatic carbocycles.